The van der Waals surface area contributed by atoms with Crippen LogP contribution in [0.15, 0.2) is 85.5 Å². The number of rotatable bonds is 11. The molecule has 3 N–H and O–H groups in total. The molecule has 7 heteroatoms. The van der Waals surface area contributed by atoms with Crippen LogP contribution in [-0.2, 0) is 22.6 Å². The Morgan fingerprint density at radius 3 is 2.23 bits per heavy atom. The van der Waals surface area contributed by atoms with Gasteiger partial charge in [0.15, 0.2) is 6.29 Å². The van der Waals surface area contributed by atoms with Crippen LogP contribution in [0.2, 0.25) is 0 Å². The summed E-state index contributed by atoms with van der Waals surface area (Å²) in [6.07, 6.45) is 9.52. The quantitative estimate of drug-likeness (QED) is 0.193. The van der Waals surface area contributed by atoms with E-state index in [1.54, 1.807) is 0 Å². The number of hydrogen-bond donors (Lipinski definition) is 3. The molecule has 0 aromatic heterocycles. The number of aliphatic hydroxyl groups excluding tert-OH is 1. The molecule has 3 aromatic rings. The van der Waals surface area contributed by atoms with Gasteiger partial charge in [-0.05, 0) is 91.1 Å². The molecule has 5 fully saturated rings. The second-order valence-corrected chi connectivity index (χ2v) is 14.6. The van der Waals surface area contributed by atoms with E-state index in [0.717, 1.165) is 89.9 Å². The molecule has 0 radical (unpaired) electrons. The molecule has 3 atom stereocenters. The molecule has 5 aliphatic rings. The highest BCUT2D eigenvalue weighted by Gasteiger charge is 2.51. The first-order valence-electron chi connectivity index (χ1n) is 17.4. The van der Waals surface area contributed by atoms with E-state index in [1.807, 2.05) is 42.5 Å². The van der Waals surface area contributed by atoms with Gasteiger partial charge in [0.05, 0.1) is 18.8 Å². The third-order valence-corrected chi connectivity index (χ3v) is 10.9. The number of carbonyl (C=O) groups excluding carboxylic acids is 1. The van der Waals surface area contributed by atoms with Gasteiger partial charge < -0.3 is 30.1 Å². The van der Waals surface area contributed by atoms with Gasteiger partial charge in [-0.25, -0.2) is 4.79 Å². The average Bonchev–Trinajstić information content (AvgIpc) is 3.07. The van der Waals surface area contributed by atoms with Gasteiger partial charge in [-0.15, -0.1) is 6.58 Å². The van der Waals surface area contributed by atoms with Crippen LogP contribution in [0.5, 0.6) is 0 Å². The fourth-order valence-corrected chi connectivity index (χ4v) is 9.18. The second kappa shape index (κ2) is 13.9. The highest BCUT2D eigenvalue weighted by molar-refractivity contribution is 5.76. The fraction of sp³-hybridized carbons (Fsp3) is 0.475. The van der Waals surface area contributed by atoms with Crippen molar-refractivity contribution in [1.82, 2.24) is 15.5 Å². The Bertz CT molecular complexity index is 1500. The Morgan fingerprint density at radius 2 is 1.57 bits per heavy atom. The van der Waals surface area contributed by atoms with Gasteiger partial charge in [-0.3, -0.25) is 0 Å². The lowest BCUT2D eigenvalue weighted by Crippen LogP contribution is -2.61. The SMILES string of the molecule is C=CCN(C)C[C@H]1C[C@@H](c2ccc(CO)cc2)O[C@@H](c2ccc(-c3ccccc3CNC(=O)NC34CC5CC(CC(C5)C3)C4)cc2)O1. The number of ether oxygens (including phenoxy) is 2. The summed E-state index contributed by atoms with van der Waals surface area (Å²) in [6.45, 7) is 5.93. The Balaban J connectivity index is 1.03. The van der Waals surface area contributed by atoms with Crippen molar-refractivity contribution in [1.29, 1.82) is 0 Å². The Morgan fingerprint density at radius 1 is 0.915 bits per heavy atom. The van der Waals surface area contributed by atoms with Crippen molar-refractivity contribution >= 4 is 6.03 Å². The molecule has 0 spiro atoms. The zero-order valence-electron chi connectivity index (χ0n) is 27.6. The number of urea groups is 1. The number of nitrogens with one attached hydrogen (secondary N) is 2. The molecule has 248 valence electrons. The van der Waals surface area contributed by atoms with E-state index in [4.69, 9.17) is 9.47 Å². The highest BCUT2D eigenvalue weighted by Crippen LogP contribution is 2.55. The lowest BCUT2D eigenvalue weighted by molar-refractivity contribution is -0.252. The maximum Gasteiger partial charge on any atom is 0.315 e. The molecule has 1 heterocycles. The van der Waals surface area contributed by atoms with Crippen molar-refractivity contribution in [2.75, 3.05) is 20.1 Å². The van der Waals surface area contributed by atoms with E-state index < -0.39 is 6.29 Å². The molecule has 8 rings (SSSR count). The van der Waals surface area contributed by atoms with Crippen LogP contribution in [-0.4, -0.2) is 47.8 Å². The van der Waals surface area contributed by atoms with Gasteiger partial charge in [0.1, 0.15) is 0 Å². The van der Waals surface area contributed by atoms with E-state index in [1.165, 1.54) is 19.3 Å². The third kappa shape index (κ3) is 7.34. The molecule has 4 aliphatic carbocycles. The predicted octanol–water partition coefficient (Wildman–Crippen LogP) is 7.28. The topological polar surface area (TPSA) is 83.1 Å². The first kappa shape index (κ1) is 32.1. The van der Waals surface area contributed by atoms with Crippen LogP contribution in [0.4, 0.5) is 4.79 Å². The zero-order valence-corrected chi connectivity index (χ0v) is 27.6. The van der Waals surface area contributed by atoms with Crippen molar-refractivity contribution in [2.24, 2.45) is 17.8 Å². The summed E-state index contributed by atoms with van der Waals surface area (Å²) in [5.41, 5.74) is 6.20. The Labute approximate surface area is 279 Å². The Kier molecular flexibility index (Phi) is 9.51. The highest BCUT2D eigenvalue weighted by atomic mass is 16.7. The second-order valence-electron chi connectivity index (χ2n) is 14.6. The minimum Gasteiger partial charge on any atom is -0.392 e. The minimum atomic E-state index is -0.507. The molecule has 1 aliphatic heterocycles. The summed E-state index contributed by atoms with van der Waals surface area (Å²) >= 11 is 0. The van der Waals surface area contributed by atoms with E-state index >= 15 is 0 Å². The normalized spacial score (nSPS) is 29.5. The van der Waals surface area contributed by atoms with Gasteiger partial charge in [-0.2, -0.15) is 0 Å². The maximum atomic E-state index is 13.2. The molecule has 4 saturated carbocycles. The van der Waals surface area contributed by atoms with Crippen LogP contribution in [0, 0.1) is 17.8 Å². The summed E-state index contributed by atoms with van der Waals surface area (Å²) in [7, 11) is 2.08. The van der Waals surface area contributed by atoms with E-state index in [0.29, 0.717) is 6.54 Å². The van der Waals surface area contributed by atoms with Crippen LogP contribution in [0.25, 0.3) is 11.1 Å². The summed E-state index contributed by atoms with van der Waals surface area (Å²) in [5, 5.41) is 16.1. The van der Waals surface area contributed by atoms with Gasteiger partial charge in [0, 0.05) is 37.2 Å². The van der Waals surface area contributed by atoms with Crippen molar-refractivity contribution in [2.45, 2.75) is 82.1 Å². The van der Waals surface area contributed by atoms with Crippen molar-refractivity contribution < 1.29 is 19.4 Å². The first-order chi connectivity index (χ1) is 22.9. The van der Waals surface area contributed by atoms with Gasteiger partial charge in [0.2, 0.25) is 0 Å². The molecule has 47 heavy (non-hydrogen) atoms. The monoisotopic (exact) mass is 635 g/mol. The minimum absolute atomic E-state index is 0.000588. The number of likely N-dealkylation sites (N-methyl/N-ethyl adjacent to an activating group) is 1. The lowest BCUT2D eigenvalue weighted by atomic mass is 9.53. The summed E-state index contributed by atoms with van der Waals surface area (Å²) in [5.74, 6) is 2.38. The summed E-state index contributed by atoms with van der Waals surface area (Å²) in [6, 6.07) is 24.7. The molecular weight excluding hydrogens is 586 g/mol. The average molecular weight is 636 g/mol. The number of hydrogen-bond acceptors (Lipinski definition) is 5. The van der Waals surface area contributed by atoms with Crippen molar-refractivity contribution in [3.05, 3.63) is 108 Å². The van der Waals surface area contributed by atoms with Crippen molar-refractivity contribution in [3.63, 3.8) is 0 Å². The third-order valence-electron chi connectivity index (χ3n) is 10.9. The molecule has 7 nitrogen and oxygen atoms in total. The fourth-order valence-electron chi connectivity index (χ4n) is 9.18. The molecular formula is C40H49N3O4. The summed E-state index contributed by atoms with van der Waals surface area (Å²) < 4.78 is 13.1. The number of benzene rings is 3. The zero-order chi connectivity index (χ0) is 32.4. The maximum absolute atomic E-state index is 13.2. The Hall–Kier alpha value is -3.49. The van der Waals surface area contributed by atoms with Crippen LogP contribution in [0.3, 0.4) is 0 Å². The number of carbonyl (C=O) groups is 1. The number of nitrogens with zero attached hydrogens (tertiary/aromatic N) is 1. The molecule has 4 bridgehead atoms. The van der Waals surface area contributed by atoms with Gasteiger partial charge >= 0.3 is 6.03 Å². The molecule has 0 unspecified atom stereocenters. The largest absolute Gasteiger partial charge is 0.392 e. The first-order valence-corrected chi connectivity index (χ1v) is 17.4. The van der Waals surface area contributed by atoms with E-state index in [9.17, 15) is 9.90 Å². The number of amides is 2. The van der Waals surface area contributed by atoms with Crippen molar-refractivity contribution in [3.8, 4) is 11.1 Å². The van der Waals surface area contributed by atoms with Crippen LogP contribution < -0.4 is 10.6 Å². The predicted molar refractivity (Wildman–Crippen MR) is 184 cm³/mol. The summed E-state index contributed by atoms with van der Waals surface area (Å²) in [4.78, 5) is 15.4. The van der Waals surface area contributed by atoms with Crippen LogP contribution >= 0.6 is 0 Å². The molecule has 2 amide bonds. The standard InChI is InChI=1S/C40H49N3O4/c1-3-16-43(2)25-35-20-37(32-10-8-27(26-44)9-11-32)47-38(46-35)33-14-12-31(13-15-33)36-7-5-4-6-34(36)24-41-39(45)42-40-21-28-17-29(22-40)19-30(18-28)23-40/h3-15,28-30,35,37-38,44H,1,16-26H2,2H3,(H2,41,42,45)/t28?,29?,30?,35-,37+,38+,40?/m1/s1. The van der Waals surface area contributed by atoms with Gasteiger partial charge in [-0.1, -0.05) is 78.9 Å². The van der Waals surface area contributed by atoms with Gasteiger partial charge in [0.25, 0.3) is 0 Å². The number of aliphatic hydroxyl groups is 1. The molecule has 3 aromatic carbocycles. The smallest absolute Gasteiger partial charge is 0.315 e. The van der Waals surface area contributed by atoms with E-state index in [-0.39, 0.29) is 30.4 Å². The van der Waals surface area contributed by atoms with E-state index in [2.05, 4.69) is 65.6 Å². The van der Waals surface area contributed by atoms with Crippen LogP contribution in [0.1, 0.15) is 79.6 Å². The molecule has 1 saturated heterocycles. The lowest BCUT2D eigenvalue weighted by Gasteiger charge is -2.56.